The average Bonchev–Trinajstić information content (AvgIpc) is 2.60. The van der Waals surface area contributed by atoms with E-state index < -0.39 is 0 Å². The molecule has 0 aliphatic carbocycles. The van der Waals surface area contributed by atoms with Crippen molar-refractivity contribution in [3.05, 3.63) is 91.0 Å². The highest BCUT2D eigenvalue weighted by molar-refractivity contribution is 14.1. The summed E-state index contributed by atoms with van der Waals surface area (Å²) in [5.41, 5.74) is 3.50. The fourth-order valence-corrected chi connectivity index (χ4v) is 2.18. The van der Waals surface area contributed by atoms with Crippen molar-refractivity contribution in [2.75, 3.05) is 9.83 Å². The Hall–Kier alpha value is -1.81. The number of hydrogen-bond donors (Lipinski definition) is 0. The zero-order chi connectivity index (χ0) is 14.9. The molecule has 3 rings (SSSR count). The van der Waals surface area contributed by atoms with Crippen molar-refractivity contribution < 1.29 is 0 Å². The first-order valence-corrected chi connectivity index (χ1v) is 8.94. The minimum absolute atomic E-state index is 1.17. The zero-order valence-corrected chi connectivity index (χ0v) is 14.1. The van der Waals surface area contributed by atoms with E-state index in [4.69, 9.17) is 0 Å². The molecule has 0 N–H and O–H groups in total. The molecule has 3 aromatic rings. The summed E-state index contributed by atoms with van der Waals surface area (Å²) in [5, 5.41) is 0. The van der Waals surface area contributed by atoms with Gasteiger partial charge in [0, 0.05) is 17.1 Å². The highest BCUT2D eigenvalue weighted by atomic mass is 127. The first-order chi connectivity index (χ1) is 10.4. The Morgan fingerprint density at radius 1 is 0.476 bits per heavy atom. The van der Waals surface area contributed by atoms with Crippen LogP contribution in [0.1, 0.15) is 0 Å². The van der Waals surface area contributed by atoms with Gasteiger partial charge in [-0.3, -0.25) is 0 Å². The van der Waals surface area contributed by atoms with Gasteiger partial charge in [-0.05, 0) is 41.3 Å². The molecule has 0 spiro atoms. The van der Waals surface area contributed by atoms with Gasteiger partial charge in [0.1, 0.15) is 0 Å². The Morgan fingerprint density at radius 2 is 0.714 bits per heavy atom. The summed E-state index contributed by atoms with van der Waals surface area (Å²) in [4.78, 5) is 4.22. The largest absolute Gasteiger partial charge is 0.311 e. The van der Waals surface area contributed by atoms with E-state index in [-0.39, 0.29) is 0 Å². The van der Waals surface area contributed by atoms with E-state index >= 15 is 0 Å². The number of anilines is 3. The molecule has 0 radical (unpaired) electrons. The molecule has 0 aliphatic rings. The minimum Gasteiger partial charge on any atom is -0.311 e. The fourth-order valence-electron chi connectivity index (χ4n) is 2.18. The Bertz CT molecular complexity index is 530. The number of alkyl halides is 1. The molecule has 0 aliphatic heterocycles. The van der Waals surface area contributed by atoms with Gasteiger partial charge < -0.3 is 4.90 Å². The predicted octanol–water partition coefficient (Wildman–Crippen LogP) is 6.21. The second kappa shape index (κ2) is 8.47. The summed E-state index contributed by atoms with van der Waals surface area (Å²) in [5.74, 6) is 0. The van der Waals surface area contributed by atoms with E-state index in [1.165, 1.54) is 17.1 Å². The summed E-state index contributed by atoms with van der Waals surface area (Å²) >= 11 is 2.15. The third-order valence-electron chi connectivity index (χ3n) is 3.04. The van der Waals surface area contributed by atoms with Crippen molar-refractivity contribution >= 4 is 39.7 Å². The van der Waals surface area contributed by atoms with Gasteiger partial charge in [-0.25, -0.2) is 0 Å². The van der Waals surface area contributed by atoms with Gasteiger partial charge in [0.15, 0.2) is 0 Å². The van der Waals surface area contributed by atoms with Crippen LogP contribution in [-0.4, -0.2) is 4.93 Å². The Labute approximate surface area is 140 Å². The van der Waals surface area contributed by atoms with Crippen LogP contribution in [0.2, 0.25) is 0 Å². The maximum Gasteiger partial charge on any atom is 0.0461 e. The average molecular weight is 387 g/mol. The van der Waals surface area contributed by atoms with Crippen LogP contribution in [0.25, 0.3) is 0 Å². The van der Waals surface area contributed by atoms with Crippen molar-refractivity contribution in [3.63, 3.8) is 0 Å². The molecule has 0 saturated heterocycles. The predicted molar refractivity (Wildman–Crippen MR) is 101 cm³/mol. The fraction of sp³-hybridized carbons (Fsp3) is 0.0526. The van der Waals surface area contributed by atoms with Gasteiger partial charge in [-0.1, -0.05) is 77.2 Å². The highest BCUT2D eigenvalue weighted by Crippen LogP contribution is 2.33. The van der Waals surface area contributed by atoms with Gasteiger partial charge in [-0.15, -0.1) is 0 Å². The molecule has 0 bridgehead atoms. The first-order valence-electron chi connectivity index (χ1n) is 6.78. The van der Waals surface area contributed by atoms with E-state index in [9.17, 15) is 0 Å². The Balaban J connectivity index is 0.000000774. The SMILES string of the molecule is CI.c1ccc(N(c2ccccc2)c2ccccc2)cc1. The smallest absolute Gasteiger partial charge is 0.0461 e. The summed E-state index contributed by atoms with van der Waals surface area (Å²) in [7, 11) is 0. The van der Waals surface area contributed by atoms with Crippen LogP contribution in [0.5, 0.6) is 0 Å². The topological polar surface area (TPSA) is 3.24 Å². The molecule has 2 heteroatoms. The molecule has 0 saturated carbocycles. The van der Waals surface area contributed by atoms with Crippen LogP contribution < -0.4 is 4.90 Å². The summed E-state index contributed by atoms with van der Waals surface area (Å²) in [6.07, 6.45) is 0. The number of nitrogens with zero attached hydrogens (tertiary/aromatic N) is 1. The van der Waals surface area contributed by atoms with Crippen molar-refractivity contribution in [1.29, 1.82) is 0 Å². The third-order valence-corrected chi connectivity index (χ3v) is 3.04. The van der Waals surface area contributed by atoms with Crippen molar-refractivity contribution in [3.8, 4) is 0 Å². The molecule has 0 amide bonds. The van der Waals surface area contributed by atoms with Gasteiger partial charge in [0.25, 0.3) is 0 Å². The molecular weight excluding hydrogens is 369 g/mol. The van der Waals surface area contributed by atoms with Crippen LogP contribution in [0, 0.1) is 0 Å². The van der Waals surface area contributed by atoms with E-state index in [0.717, 1.165) is 0 Å². The standard InChI is InChI=1S/C18H15N.CH3I/c1-4-10-16(11-5-1)19(17-12-6-2-7-13-17)18-14-8-3-9-15-18;1-2/h1-15H;1H3. The summed E-state index contributed by atoms with van der Waals surface area (Å²) < 4.78 is 0. The van der Waals surface area contributed by atoms with Crippen LogP contribution in [0.3, 0.4) is 0 Å². The lowest BCUT2D eigenvalue weighted by molar-refractivity contribution is 1.28. The lowest BCUT2D eigenvalue weighted by atomic mass is 10.2. The van der Waals surface area contributed by atoms with Crippen LogP contribution in [0.15, 0.2) is 91.0 Å². The molecule has 0 unspecified atom stereocenters. The highest BCUT2D eigenvalue weighted by Gasteiger charge is 2.10. The van der Waals surface area contributed by atoms with Crippen LogP contribution in [0.4, 0.5) is 17.1 Å². The second-order valence-electron chi connectivity index (χ2n) is 4.34. The van der Waals surface area contributed by atoms with E-state index in [0.29, 0.717) is 0 Å². The minimum atomic E-state index is 1.17. The third kappa shape index (κ3) is 4.08. The van der Waals surface area contributed by atoms with Crippen molar-refractivity contribution in [2.24, 2.45) is 0 Å². The lowest BCUT2D eigenvalue weighted by Crippen LogP contribution is -2.09. The maximum absolute atomic E-state index is 2.25. The van der Waals surface area contributed by atoms with Gasteiger partial charge >= 0.3 is 0 Å². The number of para-hydroxylation sites is 3. The molecular formula is C19H18IN. The number of benzene rings is 3. The normalized spacial score (nSPS) is 9.43. The molecule has 0 fully saturated rings. The van der Waals surface area contributed by atoms with E-state index in [2.05, 4.69) is 100 Å². The first kappa shape index (κ1) is 15.6. The second-order valence-corrected chi connectivity index (χ2v) is 4.34. The Kier molecular flexibility index (Phi) is 6.28. The van der Waals surface area contributed by atoms with Gasteiger partial charge in [0.05, 0.1) is 0 Å². The molecule has 106 valence electrons. The van der Waals surface area contributed by atoms with Gasteiger partial charge in [-0.2, -0.15) is 0 Å². The number of halogens is 1. The van der Waals surface area contributed by atoms with Crippen molar-refractivity contribution in [2.45, 2.75) is 0 Å². The molecule has 0 atom stereocenters. The summed E-state index contributed by atoms with van der Waals surface area (Å²) in [6, 6.07) is 31.3. The molecule has 0 heterocycles. The van der Waals surface area contributed by atoms with Gasteiger partial charge in [0.2, 0.25) is 0 Å². The molecule has 21 heavy (non-hydrogen) atoms. The lowest BCUT2D eigenvalue weighted by Gasteiger charge is -2.25. The van der Waals surface area contributed by atoms with Crippen molar-refractivity contribution in [1.82, 2.24) is 0 Å². The quantitative estimate of drug-likeness (QED) is 0.382. The molecule has 1 nitrogen and oxygen atoms in total. The number of hydrogen-bond acceptors (Lipinski definition) is 1. The maximum atomic E-state index is 2.25. The summed E-state index contributed by atoms with van der Waals surface area (Å²) in [6.45, 7) is 0. The van der Waals surface area contributed by atoms with E-state index in [1.807, 2.05) is 23.1 Å². The molecule has 0 aromatic heterocycles. The Morgan fingerprint density at radius 3 is 0.952 bits per heavy atom. The van der Waals surface area contributed by atoms with E-state index in [1.54, 1.807) is 0 Å². The van der Waals surface area contributed by atoms with Crippen LogP contribution >= 0.6 is 22.6 Å². The number of rotatable bonds is 3. The molecule has 3 aromatic carbocycles. The zero-order valence-electron chi connectivity index (χ0n) is 12.0. The monoisotopic (exact) mass is 387 g/mol. The van der Waals surface area contributed by atoms with Crippen LogP contribution in [-0.2, 0) is 0 Å².